The highest BCUT2D eigenvalue weighted by molar-refractivity contribution is 6.11. The lowest BCUT2D eigenvalue weighted by molar-refractivity contribution is 0.0523. The first-order valence-corrected chi connectivity index (χ1v) is 14.8. The number of nitrogens with one attached hydrogen (secondary N) is 3. The summed E-state index contributed by atoms with van der Waals surface area (Å²) in [4.78, 5) is 47.7. The molecule has 3 N–H and O–H groups in total. The largest absolute Gasteiger partial charge is 0.496 e. The maximum atomic E-state index is 13.5. The number of para-hydroxylation sites is 2. The molecule has 0 radical (unpaired) electrons. The summed E-state index contributed by atoms with van der Waals surface area (Å²) in [5.41, 5.74) is 3.73. The molecule has 0 saturated heterocycles. The topological polar surface area (TPSA) is 135 Å². The van der Waals surface area contributed by atoms with E-state index in [4.69, 9.17) is 14.2 Å². The summed E-state index contributed by atoms with van der Waals surface area (Å²) < 4.78 is 16.6. The molecule has 4 aromatic rings. The minimum atomic E-state index is -0.530. The summed E-state index contributed by atoms with van der Waals surface area (Å²) in [7, 11) is 3.16. The van der Waals surface area contributed by atoms with Crippen LogP contribution in [0.2, 0.25) is 0 Å². The molecule has 0 aliphatic heterocycles. The van der Waals surface area contributed by atoms with Gasteiger partial charge in [-0.25, -0.2) is 9.78 Å². The molecule has 1 heterocycles. The van der Waals surface area contributed by atoms with Crippen LogP contribution in [-0.2, 0) is 16.1 Å². The van der Waals surface area contributed by atoms with Gasteiger partial charge in [0.15, 0.2) is 0 Å². The molecule has 11 nitrogen and oxygen atoms in total. The van der Waals surface area contributed by atoms with Gasteiger partial charge < -0.3 is 34.7 Å². The summed E-state index contributed by atoms with van der Waals surface area (Å²) in [5.74, 6) is 0.372. The second-order valence-corrected chi connectivity index (χ2v) is 11.6. The highest BCUT2D eigenvalue weighted by Crippen LogP contribution is 2.27. The number of aromatic nitrogens is 2. The fourth-order valence-electron chi connectivity index (χ4n) is 4.74. The van der Waals surface area contributed by atoms with Crippen molar-refractivity contribution in [2.45, 2.75) is 52.7 Å². The number of aromatic amines is 1. The van der Waals surface area contributed by atoms with Crippen molar-refractivity contribution in [2.75, 3.05) is 37.5 Å². The first kappa shape index (κ1) is 33.0. The average Bonchev–Trinajstić information content (AvgIpc) is 3.40. The van der Waals surface area contributed by atoms with Crippen molar-refractivity contribution in [3.05, 3.63) is 83.2 Å². The third-order valence-electron chi connectivity index (χ3n) is 6.87. The number of imidazole rings is 1. The van der Waals surface area contributed by atoms with Crippen molar-refractivity contribution < 1.29 is 28.6 Å². The van der Waals surface area contributed by atoms with E-state index in [1.807, 2.05) is 64.1 Å². The van der Waals surface area contributed by atoms with E-state index in [1.54, 1.807) is 36.2 Å². The zero-order valence-electron chi connectivity index (χ0n) is 26.7. The number of nitrogens with zero attached hydrogens (tertiary/aromatic N) is 2. The highest BCUT2D eigenvalue weighted by atomic mass is 16.6. The van der Waals surface area contributed by atoms with E-state index < -0.39 is 11.7 Å². The number of hydrogen-bond donors (Lipinski definition) is 3. The Bertz CT molecular complexity index is 1660. The van der Waals surface area contributed by atoms with Crippen LogP contribution in [0.15, 0.2) is 60.7 Å². The molecule has 0 saturated carbocycles. The van der Waals surface area contributed by atoms with Gasteiger partial charge in [-0.3, -0.25) is 9.59 Å². The molecule has 0 aliphatic rings. The normalized spacial score (nSPS) is 11.2. The third kappa shape index (κ3) is 8.82. The van der Waals surface area contributed by atoms with Crippen LogP contribution in [0.5, 0.6) is 5.75 Å². The lowest BCUT2D eigenvalue weighted by Crippen LogP contribution is -2.33. The summed E-state index contributed by atoms with van der Waals surface area (Å²) in [6.45, 7) is 8.63. The van der Waals surface area contributed by atoms with Gasteiger partial charge in [-0.15, -0.1) is 0 Å². The van der Waals surface area contributed by atoms with Gasteiger partial charge in [-0.05, 0) is 76.9 Å². The van der Waals surface area contributed by atoms with Gasteiger partial charge >= 0.3 is 6.09 Å². The van der Waals surface area contributed by atoms with Gasteiger partial charge in [0.25, 0.3) is 11.8 Å². The number of carbonyl (C=O) groups is 3. The van der Waals surface area contributed by atoms with Crippen molar-refractivity contribution in [3.8, 4) is 5.75 Å². The van der Waals surface area contributed by atoms with E-state index in [0.29, 0.717) is 42.2 Å². The number of alkyl carbamates (subject to hydrolysis) is 1. The fourth-order valence-corrected chi connectivity index (χ4v) is 4.74. The van der Waals surface area contributed by atoms with Gasteiger partial charge in [0.2, 0.25) is 0 Å². The fraction of sp³-hybridized carbons (Fsp3) is 0.353. The van der Waals surface area contributed by atoms with Crippen molar-refractivity contribution >= 4 is 40.3 Å². The summed E-state index contributed by atoms with van der Waals surface area (Å²) in [6, 6.07) is 17.8. The number of fused-ring (bicyclic) bond motifs is 1. The summed E-state index contributed by atoms with van der Waals surface area (Å²) in [5, 5.41) is 5.65. The van der Waals surface area contributed by atoms with Crippen LogP contribution >= 0.6 is 0 Å². The first-order chi connectivity index (χ1) is 21.5. The Labute approximate surface area is 263 Å². The van der Waals surface area contributed by atoms with Gasteiger partial charge in [0, 0.05) is 37.0 Å². The highest BCUT2D eigenvalue weighted by Gasteiger charge is 2.21. The molecule has 11 heteroatoms. The molecule has 0 bridgehead atoms. The van der Waals surface area contributed by atoms with E-state index in [0.717, 1.165) is 29.7 Å². The minimum absolute atomic E-state index is 0.266. The summed E-state index contributed by atoms with van der Waals surface area (Å²) in [6.07, 6.45) is 1.06. The minimum Gasteiger partial charge on any atom is -0.496 e. The number of H-pyrrole nitrogens is 1. The quantitative estimate of drug-likeness (QED) is 0.161. The zero-order valence-corrected chi connectivity index (χ0v) is 26.7. The van der Waals surface area contributed by atoms with Gasteiger partial charge in [0.1, 0.15) is 22.7 Å². The Morgan fingerprint density at radius 1 is 1.00 bits per heavy atom. The van der Waals surface area contributed by atoms with Crippen molar-refractivity contribution in [2.24, 2.45) is 0 Å². The van der Waals surface area contributed by atoms with Crippen molar-refractivity contribution in [3.63, 3.8) is 0 Å². The molecule has 0 spiro atoms. The van der Waals surface area contributed by atoms with Crippen LogP contribution in [0.1, 0.15) is 65.7 Å². The van der Waals surface area contributed by atoms with E-state index in [2.05, 4.69) is 20.6 Å². The molecule has 0 fully saturated rings. The van der Waals surface area contributed by atoms with Crippen LogP contribution < -0.4 is 20.3 Å². The van der Waals surface area contributed by atoms with Crippen molar-refractivity contribution in [1.29, 1.82) is 0 Å². The average molecular weight is 616 g/mol. The number of anilines is 2. The van der Waals surface area contributed by atoms with E-state index in [-0.39, 0.29) is 23.1 Å². The molecule has 0 aliphatic carbocycles. The Morgan fingerprint density at radius 3 is 2.53 bits per heavy atom. The number of unbranched alkanes of at least 4 members (excludes halogenated alkanes) is 1. The molecule has 238 valence electrons. The predicted molar refractivity (Wildman–Crippen MR) is 174 cm³/mol. The van der Waals surface area contributed by atoms with Gasteiger partial charge in [-0.1, -0.05) is 24.3 Å². The first-order valence-electron chi connectivity index (χ1n) is 14.8. The number of hydrogen-bond acceptors (Lipinski definition) is 7. The smallest absolute Gasteiger partial charge is 0.407 e. The maximum absolute atomic E-state index is 13.5. The lowest BCUT2D eigenvalue weighted by atomic mass is 10.1. The number of methoxy groups -OCH3 is 1. The van der Waals surface area contributed by atoms with E-state index in [9.17, 15) is 14.4 Å². The lowest BCUT2D eigenvalue weighted by Gasteiger charge is -2.21. The number of amides is 3. The van der Waals surface area contributed by atoms with Crippen LogP contribution in [0.4, 0.5) is 16.2 Å². The van der Waals surface area contributed by atoms with Crippen molar-refractivity contribution in [1.82, 2.24) is 15.3 Å². The molecule has 0 atom stereocenters. The van der Waals surface area contributed by atoms with Crippen LogP contribution in [0.25, 0.3) is 11.0 Å². The predicted octanol–water partition coefficient (Wildman–Crippen LogP) is 6.23. The molecular weight excluding hydrogens is 574 g/mol. The summed E-state index contributed by atoms with van der Waals surface area (Å²) >= 11 is 0. The Hall–Kier alpha value is -4.90. The SMILES string of the molecule is COc1cc(C(=O)N(C)c2ccccc2COCCCCNC(=O)OC(C)(C)C)ccc1C(=O)Nc1cccc2[nH]c(C)nc12. The van der Waals surface area contributed by atoms with Crippen LogP contribution in [0, 0.1) is 6.92 Å². The molecule has 3 aromatic carbocycles. The van der Waals surface area contributed by atoms with Gasteiger partial charge in [-0.2, -0.15) is 0 Å². The van der Waals surface area contributed by atoms with E-state index >= 15 is 0 Å². The molecular formula is C34H41N5O6. The molecule has 3 amide bonds. The third-order valence-corrected chi connectivity index (χ3v) is 6.87. The molecule has 4 rings (SSSR count). The Kier molecular flexibility index (Phi) is 10.8. The Balaban J connectivity index is 1.35. The number of benzene rings is 3. The second kappa shape index (κ2) is 14.7. The van der Waals surface area contributed by atoms with Crippen LogP contribution in [0.3, 0.4) is 0 Å². The number of rotatable bonds is 12. The number of carbonyl (C=O) groups excluding carboxylic acids is 3. The molecule has 1 aromatic heterocycles. The second-order valence-electron chi connectivity index (χ2n) is 11.6. The van der Waals surface area contributed by atoms with E-state index in [1.165, 1.54) is 7.11 Å². The molecule has 45 heavy (non-hydrogen) atoms. The maximum Gasteiger partial charge on any atom is 0.407 e. The molecule has 0 unspecified atom stereocenters. The standard InChI is InChI=1S/C34H41N5O6/c1-22-36-26-13-11-14-27(30(26)37-22)38-31(40)25-17-16-23(20-29(25)43-6)32(41)39(5)28-15-8-7-12-24(28)21-44-19-10-9-18-35-33(42)45-34(2,3)4/h7-8,11-17,20H,9-10,18-19,21H2,1-6H3,(H,35,42)(H,36,37)(H,38,40). The monoisotopic (exact) mass is 615 g/mol. The number of ether oxygens (including phenoxy) is 3. The van der Waals surface area contributed by atoms with Crippen LogP contribution in [-0.4, -0.2) is 60.8 Å². The Morgan fingerprint density at radius 2 is 1.78 bits per heavy atom. The zero-order chi connectivity index (χ0) is 32.6. The number of aryl methyl sites for hydroxylation is 1. The van der Waals surface area contributed by atoms with Gasteiger partial charge in [0.05, 0.1) is 30.5 Å².